The standard InChI is InChI=1S/C14H14BrNO3/c1-8-11(15)4-3-5-12(8)16-7-10-6-13(14(17)18)19-9(10)2/h3-6,16H,7H2,1-2H3,(H,17,18). The van der Waals surface area contributed by atoms with Crippen molar-refractivity contribution in [2.75, 3.05) is 5.32 Å². The van der Waals surface area contributed by atoms with E-state index in [2.05, 4.69) is 21.2 Å². The van der Waals surface area contributed by atoms with Gasteiger partial charge in [-0.25, -0.2) is 4.79 Å². The van der Waals surface area contributed by atoms with Crippen LogP contribution in [0.4, 0.5) is 5.69 Å². The van der Waals surface area contributed by atoms with Gasteiger partial charge in [0.15, 0.2) is 0 Å². The number of carbonyl (C=O) groups is 1. The highest BCUT2D eigenvalue weighted by atomic mass is 79.9. The molecule has 0 atom stereocenters. The molecule has 5 heteroatoms. The van der Waals surface area contributed by atoms with Crippen LogP contribution in [0.5, 0.6) is 0 Å². The maximum absolute atomic E-state index is 10.8. The van der Waals surface area contributed by atoms with Gasteiger partial charge in [-0.3, -0.25) is 0 Å². The lowest BCUT2D eigenvalue weighted by Gasteiger charge is -2.10. The molecule has 100 valence electrons. The average molecular weight is 324 g/mol. The Morgan fingerprint density at radius 3 is 2.79 bits per heavy atom. The molecule has 0 aliphatic rings. The summed E-state index contributed by atoms with van der Waals surface area (Å²) in [5, 5.41) is 12.1. The maximum atomic E-state index is 10.8. The Morgan fingerprint density at radius 1 is 1.42 bits per heavy atom. The Hall–Kier alpha value is -1.75. The Morgan fingerprint density at radius 2 is 2.16 bits per heavy atom. The van der Waals surface area contributed by atoms with Gasteiger partial charge < -0.3 is 14.8 Å². The van der Waals surface area contributed by atoms with E-state index in [1.54, 1.807) is 13.0 Å². The number of furan rings is 1. The third-order valence-corrected chi connectivity index (χ3v) is 3.83. The molecular weight excluding hydrogens is 310 g/mol. The summed E-state index contributed by atoms with van der Waals surface area (Å²) in [5.74, 6) is -0.453. The number of hydrogen-bond acceptors (Lipinski definition) is 3. The molecule has 0 aliphatic heterocycles. The summed E-state index contributed by atoms with van der Waals surface area (Å²) in [4.78, 5) is 10.8. The van der Waals surface area contributed by atoms with Crippen LogP contribution in [-0.4, -0.2) is 11.1 Å². The monoisotopic (exact) mass is 323 g/mol. The molecule has 0 fully saturated rings. The molecule has 4 nitrogen and oxygen atoms in total. The largest absolute Gasteiger partial charge is 0.475 e. The number of rotatable bonds is 4. The number of benzene rings is 1. The molecule has 0 saturated carbocycles. The van der Waals surface area contributed by atoms with Gasteiger partial charge in [-0.1, -0.05) is 22.0 Å². The summed E-state index contributed by atoms with van der Waals surface area (Å²) >= 11 is 3.47. The van der Waals surface area contributed by atoms with Crippen molar-refractivity contribution >= 4 is 27.6 Å². The van der Waals surface area contributed by atoms with Gasteiger partial charge in [0.1, 0.15) is 5.76 Å². The highest BCUT2D eigenvalue weighted by Crippen LogP contribution is 2.24. The van der Waals surface area contributed by atoms with Crippen LogP contribution in [0.3, 0.4) is 0 Å². The molecular formula is C14H14BrNO3. The number of carboxylic acid groups (broad SMARTS) is 1. The third kappa shape index (κ3) is 2.98. The molecule has 0 saturated heterocycles. The summed E-state index contributed by atoms with van der Waals surface area (Å²) in [6.45, 7) is 4.30. The van der Waals surface area contributed by atoms with Crippen molar-refractivity contribution in [2.45, 2.75) is 20.4 Å². The van der Waals surface area contributed by atoms with E-state index in [1.165, 1.54) is 0 Å². The van der Waals surface area contributed by atoms with E-state index in [0.29, 0.717) is 12.3 Å². The van der Waals surface area contributed by atoms with Crippen molar-refractivity contribution in [3.63, 3.8) is 0 Å². The predicted molar refractivity (Wildman–Crippen MR) is 76.6 cm³/mol. The zero-order valence-corrected chi connectivity index (χ0v) is 12.2. The first-order chi connectivity index (χ1) is 8.99. The van der Waals surface area contributed by atoms with E-state index < -0.39 is 5.97 Å². The number of aromatic carboxylic acids is 1. The van der Waals surface area contributed by atoms with Crippen LogP contribution in [0, 0.1) is 13.8 Å². The molecule has 2 N–H and O–H groups in total. The Kier molecular flexibility index (Phi) is 3.95. The lowest BCUT2D eigenvalue weighted by atomic mass is 10.2. The van der Waals surface area contributed by atoms with Crippen molar-refractivity contribution in [2.24, 2.45) is 0 Å². The minimum atomic E-state index is -1.05. The number of anilines is 1. The van der Waals surface area contributed by atoms with Crippen LogP contribution in [0.15, 0.2) is 33.2 Å². The second-order valence-corrected chi connectivity index (χ2v) is 5.12. The molecule has 1 aromatic heterocycles. The van der Waals surface area contributed by atoms with Crippen LogP contribution in [0.2, 0.25) is 0 Å². The maximum Gasteiger partial charge on any atom is 0.371 e. The van der Waals surface area contributed by atoms with Crippen molar-refractivity contribution in [1.29, 1.82) is 0 Å². The zero-order valence-electron chi connectivity index (χ0n) is 10.7. The van der Waals surface area contributed by atoms with Crippen LogP contribution in [0.1, 0.15) is 27.4 Å². The lowest BCUT2D eigenvalue weighted by molar-refractivity contribution is 0.0661. The Bertz CT molecular complexity index is 619. The van der Waals surface area contributed by atoms with Gasteiger partial charge in [-0.15, -0.1) is 0 Å². The molecule has 1 heterocycles. The second-order valence-electron chi connectivity index (χ2n) is 4.26. The van der Waals surface area contributed by atoms with Gasteiger partial charge in [0.2, 0.25) is 5.76 Å². The number of aryl methyl sites for hydroxylation is 1. The fourth-order valence-electron chi connectivity index (χ4n) is 1.79. The number of nitrogens with one attached hydrogen (secondary N) is 1. The first-order valence-electron chi connectivity index (χ1n) is 5.80. The van der Waals surface area contributed by atoms with Gasteiger partial charge >= 0.3 is 5.97 Å². The van der Waals surface area contributed by atoms with Gasteiger partial charge in [0.25, 0.3) is 0 Å². The number of halogens is 1. The van der Waals surface area contributed by atoms with Crippen molar-refractivity contribution in [3.8, 4) is 0 Å². The molecule has 0 aliphatic carbocycles. The van der Waals surface area contributed by atoms with E-state index in [9.17, 15) is 4.79 Å². The molecule has 0 spiro atoms. The summed E-state index contributed by atoms with van der Waals surface area (Å²) in [7, 11) is 0. The Labute approximate surface area is 119 Å². The Balaban J connectivity index is 2.14. The number of carboxylic acids is 1. The summed E-state index contributed by atoms with van der Waals surface area (Å²) in [6.07, 6.45) is 0. The van der Waals surface area contributed by atoms with Crippen LogP contribution >= 0.6 is 15.9 Å². The second kappa shape index (κ2) is 5.48. The molecule has 1 aromatic carbocycles. The molecule has 2 rings (SSSR count). The molecule has 2 aromatic rings. The lowest BCUT2D eigenvalue weighted by Crippen LogP contribution is -2.01. The van der Waals surface area contributed by atoms with E-state index in [4.69, 9.17) is 9.52 Å². The zero-order chi connectivity index (χ0) is 14.0. The first-order valence-corrected chi connectivity index (χ1v) is 6.60. The van der Waals surface area contributed by atoms with E-state index in [-0.39, 0.29) is 5.76 Å². The van der Waals surface area contributed by atoms with Gasteiger partial charge in [-0.05, 0) is 37.6 Å². The quantitative estimate of drug-likeness (QED) is 0.893. The molecule has 0 amide bonds. The van der Waals surface area contributed by atoms with E-state index in [0.717, 1.165) is 21.3 Å². The average Bonchev–Trinajstić information content (AvgIpc) is 2.73. The van der Waals surface area contributed by atoms with Gasteiger partial charge in [0, 0.05) is 22.3 Å². The van der Waals surface area contributed by atoms with Gasteiger partial charge in [-0.2, -0.15) is 0 Å². The van der Waals surface area contributed by atoms with Gasteiger partial charge in [0.05, 0.1) is 0 Å². The smallest absolute Gasteiger partial charge is 0.371 e. The van der Waals surface area contributed by atoms with Crippen molar-refractivity contribution in [1.82, 2.24) is 0 Å². The van der Waals surface area contributed by atoms with Crippen LogP contribution in [-0.2, 0) is 6.54 Å². The molecule has 0 radical (unpaired) electrons. The SMILES string of the molecule is Cc1oc(C(=O)O)cc1CNc1cccc(Br)c1C. The third-order valence-electron chi connectivity index (χ3n) is 2.97. The highest BCUT2D eigenvalue weighted by molar-refractivity contribution is 9.10. The summed E-state index contributed by atoms with van der Waals surface area (Å²) in [6, 6.07) is 7.46. The fraction of sp³-hybridized carbons (Fsp3) is 0.214. The van der Waals surface area contributed by atoms with E-state index in [1.807, 2.05) is 25.1 Å². The minimum absolute atomic E-state index is 0.0275. The van der Waals surface area contributed by atoms with Crippen molar-refractivity contribution in [3.05, 3.63) is 51.4 Å². The summed E-state index contributed by atoms with van der Waals surface area (Å²) in [5.41, 5.74) is 2.96. The van der Waals surface area contributed by atoms with Crippen LogP contribution < -0.4 is 5.32 Å². The summed E-state index contributed by atoms with van der Waals surface area (Å²) < 4.78 is 6.20. The van der Waals surface area contributed by atoms with Crippen molar-refractivity contribution < 1.29 is 14.3 Å². The van der Waals surface area contributed by atoms with E-state index >= 15 is 0 Å². The predicted octanol–water partition coefficient (Wildman–Crippen LogP) is 3.97. The fourth-order valence-corrected chi connectivity index (χ4v) is 2.16. The molecule has 19 heavy (non-hydrogen) atoms. The molecule has 0 unspecified atom stereocenters. The minimum Gasteiger partial charge on any atom is -0.475 e. The number of hydrogen-bond donors (Lipinski definition) is 2. The first kappa shape index (κ1) is 13.7. The molecule has 0 bridgehead atoms. The van der Waals surface area contributed by atoms with Crippen LogP contribution in [0.25, 0.3) is 0 Å². The normalized spacial score (nSPS) is 10.5. The topological polar surface area (TPSA) is 62.5 Å². The highest BCUT2D eigenvalue weighted by Gasteiger charge is 2.13.